The molecular weight excluding hydrogens is 516 g/mol. The zero-order valence-electron chi connectivity index (χ0n) is 22.7. The molecule has 0 spiro atoms. The Labute approximate surface area is 230 Å². The topological polar surface area (TPSA) is 125 Å². The van der Waals surface area contributed by atoms with E-state index < -0.39 is 33.9 Å². The SMILES string of the molecule is CCN(CC)C(=O)C[C@H](NS(=O)(=O)c1ccc(C)cc1)C(=O)N[C@@H](C)C(=O)NCc1cccc2ccccc12. The Morgan fingerprint density at radius 2 is 1.51 bits per heavy atom. The lowest BCUT2D eigenvalue weighted by Gasteiger charge is -2.24. The van der Waals surface area contributed by atoms with Gasteiger partial charge in [-0.1, -0.05) is 60.2 Å². The minimum absolute atomic E-state index is 0.0259. The highest BCUT2D eigenvalue weighted by atomic mass is 32.2. The van der Waals surface area contributed by atoms with E-state index in [0.717, 1.165) is 21.9 Å². The minimum Gasteiger partial charge on any atom is -0.350 e. The lowest BCUT2D eigenvalue weighted by Crippen LogP contribution is -2.54. The van der Waals surface area contributed by atoms with Gasteiger partial charge in [-0.05, 0) is 56.2 Å². The number of sulfonamides is 1. The van der Waals surface area contributed by atoms with E-state index >= 15 is 0 Å². The van der Waals surface area contributed by atoms with Crippen molar-refractivity contribution in [3.05, 3.63) is 77.9 Å². The van der Waals surface area contributed by atoms with E-state index in [9.17, 15) is 22.8 Å². The molecule has 0 saturated carbocycles. The predicted octanol–water partition coefficient (Wildman–Crippen LogP) is 2.87. The van der Waals surface area contributed by atoms with Crippen molar-refractivity contribution in [2.75, 3.05) is 13.1 Å². The summed E-state index contributed by atoms with van der Waals surface area (Å²) < 4.78 is 28.4. The quantitative estimate of drug-likeness (QED) is 0.319. The van der Waals surface area contributed by atoms with Gasteiger partial charge < -0.3 is 15.5 Å². The Morgan fingerprint density at radius 3 is 2.18 bits per heavy atom. The van der Waals surface area contributed by atoms with Crippen LogP contribution in [0.2, 0.25) is 0 Å². The van der Waals surface area contributed by atoms with E-state index in [1.165, 1.54) is 24.0 Å². The third kappa shape index (κ3) is 7.87. The molecule has 0 fully saturated rings. The van der Waals surface area contributed by atoms with Crippen molar-refractivity contribution in [2.24, 2.45) is 0 Å². The summed E-state index contributed by atoms with van der Waals surface area (Å²) in [6.45, 7) is 8.03. The Bertz CT molecular complexity index is 1410. The van der Waals surface area contributed by atoms with Crippen LogP contribution in [0.5, 0.6) is 0 Å². The molecule has 0 bridgehead atoms. The van der Waals surface area contributed by atoms with Crippen LogP contribution in [0.15, 0.2) is 71.6 Å². The van der Waals surface area contributed by atoms with Gasteiger partial charge in [-0.2, -0.15) is 4.72 Å². The number of benzene rings is 3. The molecule has 0 aliphatic heterocycles. The van der Waals surface area contributed by atoms with E-state index in [-0.39, 0.29) is 23.8 Å². The summed E-state index contributed by atoms with van der Waals surface area (Å²) in [6, 6.07) is 17.4. The van der Waals surface area contributed by atoms with Crippen LogP contribution >= 0.6 is 0 Å². The van der Waals surface area contributed by atoms with E-state index in [1.54, 1.807) is 26.0 Å². The smallest absolute Gasteiger partial charge is 0.242 e. The highest BCUT2D eigenvalue weighted by molar-refractivity contribution is 7.89. The summed E-state index contributed by atoms with van der Waals surface area (Å²) in [5.74, 6) is -1.58. The fourth-order valence-corrected chi connectivity index (χ4v) is 5.40. The van der Waals surface area contributed by atoms with E-state index in [0.29, 0.717) is 13.1 Å². The lowest BCUT2D eigenvalue weighted by atomic mass is 10.0. The molecule has 9 nitrogen and oxygen atoms in total. The zero-order chi connectivity index (χ0) is 28.6. The van der Waals surface area contributed by atoms with Crippen LogP contribution in [0.1, 0.15) is 38.3 Å². The van der Waals surface area contributed by atoms with Gasteiger partial charge in [0, 0.05) is 19.6 Å². The van der Waals surface area contributed by atoms with Crippen LogP contribution in [0, 0.1) is 6.92 Å². The van der Waals surface area contributed by atoms with Gasteiger partial charge in [-0.3, -0.25) is 14.4 Å². The number of nitrogens with one attached hydrogen (secondary N) is 3. The standard InChI is InChI=1S/C29H36N4O5S/c1-5-33(6-2)27(34)18-26(32-39(37,38)24-16-14-20(3)15-17-24)29(36)31-21(4)28(35)30-19-23-12-9-11-22-10-7-8-13-25(22)23/h7-17,21,26,32H,5-6,18-19H2,1-4H3,(H,30,35)(H,31,36)/t21-,26-/m0/s1. The molecule has 3 amide bonds. The fraction of sp³-hybridized carbons (Fsp3) is 0.345. The van der Waals surface area contributed by atoms with Gasteiger partial charge in [0.1, 0.15) is 12.1 Å². The summed E-state index contributed by atoms with van der Waals surface area (Å²) in [6.07, 6.45) is -0.386. The maximum atomic E-state index is 13.2. The summed E-state index contributed by atoms with van der Waals surface area (Å²) in [5.41, 5.74) is 1.80. The van der Waals surface area contributed by atoms with Crippen LogP contribution in [0.3, 0.4) is 0 Å². The Morgan fingerprint density at radius 1 is 0.872 bits per heavy atom. The molecule has 3 aromatic carbocycles. The molecule has 208 valence electrons. The molecule has 0 aromatic heterocycles. The third-order valence-corrected chi connectivity index (χ3v) is 8.01. The fourth-order valence-electron chi connectivity index (χ4n) is 4.20. The Kier molecular flexibility index (Phi) is 10.2. The van der Waals surface area contributed by atoms with Crippen molar-refractivity contribution in [3.8, 4) is 0 Å². The molecule has 0 saturated heterocycles. The molecule has 0 aliphatic rings. The Hall–Kier alpha value is -3.76. The molecule has 0 unspecified atom stereocenters. The highest BCUT2D eigenvalue weighted by Crippen LogP contribution is 2.18. The summed E-state index contributed by atoms with van der Waals surface area (Å²) in [7, 11) is -4.11. The second-order valence-electron chi connectivity index (χ2n) is 9.34. The van der Waals surface area contributed by atoms with Crippen LogP contribution in [-0.4, -0.2) is 56.2 Å². The monoisotopic (exact) mass is 552 g/mol. The average Bonchev–Trinajstić information content (AvgIpc) is 2.92. The summed E-state index contributed by atoms with van der Waals surface area (Å²) >= 11 is 0. The molecule has 10 heteroatoms. The second-order valence-corrected chi connectivity index (χ2v) is 11.1. The van der Waals surface area contributed by atoms with E-state index in [2.05, 4.69) is 15.4 Å². The number of hydrogen-bond donors (Lipinski definition) is 3. The lowest BCUT2D eigenvalue weighted by molar-refractivity contribution is -0.135. The first-order chi connectivity index (χ1) is 18.6. The van der Waals surface area contributed by atoms with Gasteiger partial charge in [0.25, 0.3) is 0 Å². The molecule has 2 atom stereocenters. The number of fused-ring (bicyclic) bond motifs is 1. The maximum Gasteiger partial charge on any atom is 0.242 e. The van der Waals surface area contributed by atoms with Crippen LogP contribution in [-0.2, 0) is 31.0 Å². The minimum atomic E-state index is -4.11. The van der Waals surface area contributed by atoms with Crippen molar-refractivity contribution in [2.45, 2.75) is 57.6 Å². The summed E-state index contributed by atoms with van der Waals surface area (Å²) in [4.78, 5) is 40.3. The van der Waals surface area contributed by atoms with Gasteiger partial charge in [-0.25, -0.2) is 8.42 Å². The number of hydrogen-bond acceptors (Lipinski definition) is 5. The van der Waals surface area contributed by atoms with Gasteiger partial charge in [-0.15, -0.1) is 0 Å². The molecule has 0 heterocycles. The highest BCUT2D eigenvalue weighted by Gasteiger charge is 2.31. The zero-order valence-corrected chi connectivity index (χ0v) is 23.5. The van der Waals surface area contributed by atoms with E-state index in [1.807, 2.05) is 49.4 Å². The first-order valence-electron chi connectivity index (χ1n) is 13.0. The molecule has 39 heavy (non-hydrogen) atoms. The van der Waals surface area contributed by atoms with Gasteiger partial charge in [0.15, 0.2) is 0 Å². The maximum absolute atomic E-state index is 13.2. The van der Waals surface area contributed by atoms with Gasteiger partial charge >= 0.3 is 0 Å². The number of amides is 3. The van der Waals surface area contributed by atoms with Crippen LogP contribution in [0.4, 0.5) is 0 Å². The molecule has 3 aromatic rings. The van der Waals surface area contributed by atoms with Crippen LogP contribution in [0.25, 0.3) is 10.8 Å². The first kappa shape index (κ1) is 29.8. The molecule has 0 radical (unpaired) electrons. The van der Waals surface area contributed by atoms with E-state index in [4.69, 9.17) is 0 Å². The van der Waals surface area contributed by atoms with Crippen molar-refractivity contribution < 1.29 is 22.8 Å². The van der Waals surface area contributed by atoms with Gasteiger partial charge in [0.2, 0.25) is 27.7 Å². The second kappa shape index (κ2) is 13.3. The largest absolute Gasteiger partial charge is 0.350 e. The van der Waals surface area contributed by atoms with Crippen molar-refractivity contribution >= 4 is 38.5 Å². The van der Waals surface area contributed by atoms with Crippen molar-refractivity contribution in [1.29, 1.82) is 0 Å². The molecule has 0 aliphatic carbocycles. The first-order valence-corrected chi connectivity index (χ1v) is 14.5. The molecule has 3 rings (SSSR count). The third-order valence-electron chi connectivity index (χ3n) is 6.53. The van der Waals surface area contributed by atoms with Gasteiger partial charge in [0.05, 0.1) is 11.3 Å². The summed E-state index contributed by atoms with van der Waals surface area (Å²) in [5, 5.41) is 7.45. The number of aryl methyl sites for hydroxylation is 1. The Balaban J connectivity index is 1.72. The van der Waals surface area contributed by atoms with Crippen molar-refractivity contribution in [3.63, 3.8) is 0 Å². The van der Waals surface area contributed by atoms with Crippen molar-refractivity contribution in [1.82, 2.24) is 20.3 Å². The number of carbonyl (C=O) groups is 3. The normalized spacial score (nSPS) is 12.9. The number of nitrogens with zero attached hydrogens (tertiary/aromatic N) is 1. The number of carbonyl (C=O) groups excluding carboxylic acids is 3. The molecule has 3 N–H and O–H groups in total. The average molecular weight is 553 g/mol. The number of rotatable bonds is 12. The predicted molar refractivity (Wildman–Crippen MR) is 151 cm³/mol. The molecular formula is C29H36N4O5S. The van der Waals surface area contributed by atoms with Crippen LogP contribution < -0.4 is 15.4 Å².